The molecule has 13 heavy (non-hydrogen) atoms. The van der Waals surface area contributed by atoms with Crippen molar-refractivity contribution in [2.24, 2.45) is 0 Å². The van der Waals surface area contributed by atoms with Gasteiger partial charge in [-0.3, -0.25) is 0 Å². The lowest BCUT2D eigenvalue weighted by Crippen LogP contribution is -1.63. The van der Waals surface area contributed by atoms with E-state index in [-0.39, 0.29) is 7.43 Å². The van der Waals surface area contributed by atoms with Crippen LogP contribution in [0.5, 0.6) is 0 Å². The van der Waals surface area contributed by atoms with Crippen LogP contribution in [0.1, 0.15) is 48.5 Å². The predicted molar refractivity (Wildman–Crippen MR) is 66.1 cm³/mol. The summed E-state index contributed by atoms with van der Waals surface area (Å²) in [6.07, 6.45) is 11.6. The summed E-state index contributed by atoms with van der Waals surface area (Å²) in [5.41, 5.74) is 1.30. The van der Waals surface area contributed by atoms with E-state index in [9.17, 15) is 0 Å². The van der Waals surface area contributed by atoms with Crippen LogP contribution in [-0.2, 0) is 0 Å². The van der Waals surface area contributed by atoms with Crippen LogP contribution in [0.3, 0.4) is 0 Å². The summed E-state index contributed by atoms with van der Waals surface area (Å²) in [5.74, 6) is 0. The summed E-state index contributed by atoms with van der Waals surface area (Å²) in [4.78, 5) is 0. The van der Waals surface area contributed by atoms with Gasteiger partial charge in [0.2, 0.25) is 0 Å². The van der Waals surface area contributed by atoms with Gasteiger partial charge in [0.1, 0.15) is 0 Å². The summed E-state index contributed by atoms with van der Waals surface area (Å²) < 4.78 is 0. The highest BCUT2D eigenvalue weighted by Gasteiger charge is 1.73. The molecule has 0 atom stereocenters. The zero-order valence-corrected chi connectivity index (χ0v) is 9.09. The maximum absolute atomic E-state index is 2.15. The number of hydrogen-bond donors (Lipinski definition) is 0. The molecule has 0 aromatic heterocycles. The zero-order valence-electron chi connectivity index (χ0n) is 9.09. The average Bonchev–Trinajstić information content (AvgIpc) is 2.09. The first-order valence-electron chi connectivity index (χ1n) is 4.77. The van der Waals surface area contributed by atoms with Gasteiger partial charge in [-0.15, -0.1) is 0 Å². The fourth-order valence-corrected chi connectivity index (χ4v) is 0.674. The first-order valence-corrected chi connectivity index (χ1v) is 4.77. The molecule has 0 radical (unpaired) electrons. The van der Waals surface area contributed by atoms with Crippen molar-refractivity contribution in [1.82, 2.24) is 0 Å². The van der Waals surface area contributed by atoms with E-state index in [1.165, 1.54) is 5.57 Å². The van der Waals surface area contributed by atoms with Gasteiger partial charge in [-0.2, -0.15) is 0 Å². The van der Waals surface area contributed by atoms with Gasteiger partial charge in [-0.1, -0.05) is 64.2 Å². The van der Waals surface area contributed by atoms with E-state index in [0.29, 0.717) is 0 Å². The van der Waals surface area contributed by atoms with Gasteiger partial charge in [0.05, 0.1) is 0 Å². The summed E-state index contributed by atoms with van der Waals surface area (Å²) in [6.45, 7) is 10.3. The van der Waals surface area contributed by atoms with Crippen molar-refractivity contribution in [3.63, 3.8) is 0 Å². The van der Waals surface area contributed by atoms with E-state index in [4.69, 9.17) is 0 Å². The third kappa shape index (κ3) is 18.3. The van der Waals surface area contributed by atoms with Crippen molar-refractivity contribution in [3.05, 3.63) is 36.0 Å². The monoisotopic (exact) mass is 182 g/mol. The molecular formula is C13H26. The summed E-state index contributed by atoms with van der Waals surface area (Å²) in [5, 5.41) is 0. The number of rotatable bonds is 3. The molecule has 0 aliphatic heterocycles. The van der Waals surface area contributed by atoms with Crippen LogP contribution in [0.4, 0.5) is 0 Å². The van der Waals surface area contributed by atoms with E-state index in [1.54, 1.807) is 0 Å². The Morgan fingerprint density at radius 3 is 2.15 bits per heavy atom. The Balaban J connectivity index is -0.000000309. The molecule has 0 unspecified atom stereocenters. The van der Waals surface area contributed by atoms with Crippen molar-refractivity contribution in [3.8, 4) is 0 Å². The maximum atomic E-state index is 2.15. The molecule has 0 nitrogen and oxygen atoms in total. The molecule has 0 amide bonds. The highest BCUT2D eigenvalue weighted by Crippen LogP contribution is 1.94. The highest BCUT2D eigenvalue weighted by molar-refractivity contribution is 5.20. The van der Waals surface area contributed by atoms with Crippen LogP contribution in [-0.4, -0.2) is 0 Å². The van der Waals surface area contributed by atoms with Crippen molar-refractivity contribution >= 4 is 0 Å². The molecule has 0 rings (SSSR count). The van der Waals surface area contributed by atoms with Crippen molar-refractivity contribution in [2.45, 2.75) is 48.5 Å². The van der Waals surface area contributed by atoms with Gasteiger partial charge < -0.3 is 0 Å². The van der Waals surface area contributed by atoms with Gasteiger partial charge in [0.15, 0.2) is 0 Å². The Bertz CT molecular complexity index is 147. The molecule has 0 heterocycles. The maximum Gasteiger partial charge on any atom is -0.0376 e. The molecule has 0 heteroatoms. The van der Waals surface area contributed by atoms with Crippen LogP contribution >= 0.6 is 0 Å². The largest absolute Gasteiger partial charge is 0.0874 e. The van der Waals surface area contributed by atoms with E-state index in [1.807, 2.05) is 26.8 Å². The minimum Gasteiger partial charge on any atom is -0.0874 e. The second-order valence-corrected chi connectivity index (χ2v) is 2.25. The van der Waals surface area contributed by atoms with Gasteiger partial charge >= 0.3 is 0 Å². The summed E-state index contributed by atoms with van der Waals surface area (Å²) in [7, 11) is 0. The SMILES string of the molecule is C.CC.C\C=C/C(C)=C\C=C/CC. The first-order chi connectivity index (χ1) is 5.81. The molecule has 0 saturated carbocycles. The van der Waals surface area contributed by atoms with E-state index < -0.39 is 0 Å². The first kappa shape index (κ1) is 18.1. The number of allylic oxidation sites excluding steroid dienone is 6. The molecule has 0 saturated heterocycles. The lowest BCUT2D eigenvalue weighted by molar-refractivity contribution is 1.22. The molecule has 0 fully saturated rings. The molecule has 0 aromatic carbocycles. The van der Waals surface area contributed by atoms with Crippen LogP contribution in [0.2, 0.25) is 0 Å². The lowest BCUT2D eigenvalue weighted by Gasteiger charge is -1.84. The van der Waals surface area contributed by atoms with Crippen LogP contribution in [0.25, 0.3) is 0 Å². The number of hydrogen-bond acceptors (Lipinski definition) is 0. The Kier molecular flexibility index (Phi) is 24.1. The quantitative estimate of drug-likeness (QED) is 0.530. The zero-order chi connectivity index (χ0) is 9.82. The molecule has 0 aliphatic rings. The Labute approximate surface area is 85.1 Å². The summed E-state index contributed by atoms with van der Waals surface area (Å²) in [6, 6.07) is 0. The van der Waals surface area contributed by atoms with Crippen molar-refractivity contribution in [2.75, 3.05) is 0 Å². The highest BCUT2D eigenvalue weighted by atomic mass is 13.8. The van der Waals surface area contributed by atoms with Gasteiger partial charge in [-0.25, -0.2) is 0 Å². The van der Waals surface area contributed by atoms with Gasteiger partial charge in [0.25, 0.3) is 0 Å². The molecule has 0 bridgehead atoms. The van der Waals surface area contributed by atoms with E-state index in [2.05, 4.69) is 38.2 Å². The second kappa shape index (κ2) is 17.3. The second-order valence-electron chi connectivity index (χ2n) is 2.25. The minimum absolute atomic E-state index is 0. The van der Waals surface area contributed by atoms with E-state index in [0.717, 1.165) is 6.42 Å². The Morgan fingerprint density at radius 2 is 1.77 bits per heavy atom. The topological polar surface area (TPSA) is 0 Å². The molecule has 0 spiro atoms. The molecule has 0 aliphatic carbocycles. The lowest BCUT2D eigenvalue weighted by atomic mass is 10.2. The van der Waals surface area contributed by atoms with Gasteiger partial charge in [-0.05, 0) is 20.3 Å². The fourth-order valence-electron chi connectivity index (χ4n) is 0.674. The fraction of sp³-hybridized carbons (Fsp3) is 0.538. The van der Waals surface area contributed by atoms with Crippen LogP contribution in [0.15, 0.2) is 36.0 Å². The molecule has 0 N–H and O–H groups in total. The minimum atomic E-state index is 0. The van der Waals surface area contributed by atoms with E-state index >= 15 is 0 Å². The standard InChI is InChI=1S/C10H16.C2H6.CH4/c1-4-6-7-9-10(3)8-5-2;1-2;/h5-9H,4H2,1-3H3;1-2H3;1H4/b7-6-,8-5-,10-9-;;. The van der Waals surface area contributed by atoms with Crippen LogP contribution < -0.4 is 0 Å². The smallest absolute Gasteiger partial charge is 0.0376 e. The average molecular weight is 182 g/mol. The molecular weight excluding hydrogens is 156 g/mol. The van der Waals surface area contributed by atoms with Crippen molar-refractivity contribution < 1.29 is 0 Å². The third-order valence-electron chi connectivity index (χ3n) is 1.16. The Hall–Kier alpha value is -0.780. The molecule has 78 valence electrons. The summed E-state index contributed by atoms with van der Waals surface area (Å²) >= 11 is 0. The Morgan fingerprint density at radius 1 is 1.23 bits per heavy atom. The molecule has 0 aromatic rings. The third-order valence-corrected chi connectivity index (χ3v) is 1.16. The predicted octanol–water partition coefficient (Wildman–Crippen LogP) is 5.14. The van der Waals surface area contributed by atoms with Crippen molar-refractivity contribution in [1.29, 1.82) is 0 Å². The van der Waals surface area contributed by atoms with Gasteiger partial charge in [0, 0.05) is 0 Å². The van der Waals surface area contributed by atoms with Crippen LogP contribution in [0, 0.1) is 0 Å². The normalized spacial score (nSPS) is 11.0.